The van der Waals surface area contributed by atoms with Gasteiger partial charge in [0.05, 0.1) is 66.1 Å². The number of aromatic nitrogens is 4. The summed E-state index contributed by atoms with van der Waals surface area (Å²) in [5.74, 6) is -10.4. The van der Waals surface area contributed by atoms with Crippen LogP contribution in [0.2, 0.25) is 0 Å². The Balaban J connectivity index is 0.000000499. The first-order valence-corrected chi connectivity index (χ1v) is 18.5. The number of aliphatic carboxylic acids is 6. The van der Waals surface area contributed by atoms with Gasteiger partial charge < -0.3 is 64.9 Å². The summed E-state index contributed by atoms with van der Waals surface area (Å²) >= 11 is 0. The Bertz CT molecular complexity index is 2230. The van der Waals surface area contributed by atoms with Gasteiger partial charge in [0.2, 0.25) is 0 Å². The van der Waals surface area contributed by atoms with E-state index in [9.17, 15) is 33.9 Å². The van der Waals surface area contributed by atoms with E-state index in [0.29, 0.717) is 16.3 Å². The number of carboxylic acids is 6. The van der Waals surface area contributed by atoms with E-state index < -0.39 is 111 Å². The lowest BCUT2D eigenvalue weighted by atomic mass is 9.96. The molecule has 3 unspecified atom stereocenters. The van der Waals surface area contributed by atoms with E-state index in [1.54, 1.807) is 62.1 Å². The number of ether oxygens (including phenoxy) is 2. The van der Waals surface area contributed by atoms with E-state index in [1.165, 1.54) is 14.1 Å². The number of nitrogens with one attached hydrogen (secondary N) is 1. The summed E-state index contributed by atoms with van der Waals surface area (Å²) < 4.78 is 79.0. The molecule has 0 fully saturated rings. The Morgan fingerprint density at radius 3 is 1.31 bits per heavy atom. The van der Waals surface area contributed by atoms with Crippen molar-refractivity contribution in [3.05, 3.63) is 108 Å². The second-order valence-electron chi connectivity index (χ2n) is 13.8. The van der Waals surface area contributed by atoms with Gasteiger partial charge in [0, 0.05) is 48.1 Å². The Morgan fingerprint density at radius 2 is 1.03 bits per heavy atom. The summed E-state index contributed by atoms with van der Waals surface area (Å²) in [5.41, 5.74) is -2.76. The van der Waals surface area contributed by atoms with E-state index in [-0.39, 0.29) is 0 Å². The first kappa shape index (κ1) is 42.7. The van der Waals surface area contributed by atoms with Gasteiger partial charge in [0.15, 0.2) is 11.2 Å². The molecular weight excluding hydrogens is 844 g/mol. The number of aryl methyl sites for hydroxylation is 2. The molecule has 0 aliphatic heterocycles. The molecule has 4 aromatic rings. The lowest BCUT2D eigenvalue weighted by molar-refractivity contribution is -0.858. The summed E-state index contributed by atoms with van der Waals surface area (Å²) in [5, 5.41) is 77.5. The molecular formula is C42H58N6O16. The fourth-order valence-corrected chi connectivity index (χ4v) is 4.92. The second kappa shape index (κ2) is 27.5. The topological polar surface area (TPSA) is 329 Å². The average molecular weight is 911 g/mol. The summed E-state index contributed by atoms with van der Waals surface area (Å²) in [6.07, 6.45) is -3.04. The molecule has 64 heavy (non-hydrogen) atoms. The van der Waals surface area contributed by atoms with Gasteiger partial charge in [-0.15, -0.1) is 0 Å². The van der Waals surface area contributed by atoms with Crippen LogP contribution in [0.25, 0.3) is 0 Å². The number of hydrogen-bond acceptors (Lipinski definition) is 14. The highest BCUT2D eigenvalue weighted by atomic mass is 16.5. The van der Waals surface area contributed by atoms with Crippen LogP contribution in [0.15, 0.2) is 85.2 Å². The minimum Gasteiger partial charge on any atom is -0.550 e. The van der Waals surface area contributed by atoms with Gasteiger partial charge in [-0.3, -0.25) is 23.7 Å². The summed E-state index contributed by atoms with van der Waals surface area (Å²) in [6.45, 7) is -9.52. The quantitative estimate of drug-likeness (QED) is 0.0465. The molecule has 0 saturated heterocycles. The second-order valence-corrected chi connectivity index (χ2v) is 13.8. The highest BCUT2D eigenvalue weighted by molar-refractivity contribution is 5.88. The number of benzene rings is 2. The molecule has 22 heteroatoms. The minimum atomic E-state index is -2.80. The van der Waals surface area contributed by atoms with Crippen molar-refractivity contribution in [2.24, 2.45) is 14.1 Å². The Hall–Kier alpha value is -6.56. The lowest BCUT2D eigenvalue weighted by Gasteiger charge is -2.21. The Kier molecular flexibility index (Phi) is 18.4. The van der Waals surface area contributed by atoms with Crippen molar-refractivity contribution >= 4 is 35.8 Å². The summed E-state index contributed by atoms with van der Waals surface area (Å²) in [4.78, 5) is 62.3. The Labute approximate surface area is 380 Å². The predicted octanol–water partition coefficient (Wildman–Crippen LogP) is -1.07. The maximum atomic E-state index is 10.3. The zero-order chi connectivity index (χ0) is 55.8. The third kappa shape index (κ3) is 20.5. The normalized spacial score (nSPS) is 15.5. The largest absolute Gasteiger partial charge is 0.550 e. The summed E-state index contributed by atoms with van der Waals surface area (Å²) in [6, 6.07) is 21.8. The molecule has 0 saturated carbocycles. The van der Waals surface area contributed by atoms with Crippen LogP contribution in [0, 0.1) is 0 Å². The number of rotatable bonds is 22. The molecule has 2 heterocycles. The van der Waals surface area contributed by atoms with E-state index in [4.69, 9.17) is 56.2 Å². The SMILES string of the molecule is O=C(O)CC(O)(CC(=O)O)C(=O)O.O=C([O-])CC(O)(CC(=O)O)C(=O)O.[2H]C([2H])(OC(c1ccccc1)c1ccnn1C)C([2H])([2H])N(C)C.[2H]C([2H])(OC(c1ccccc1)c1ccnn1C)C([2H])([2H])[NH+](C)C. The molecule has 0 spiro atoms. The molecule has 2 aromatic heterocycles. The van der Waals surface area contributed by atoms with Crippen LogP contribution in [-0.4, -0.2) is 162 Å². The molecule has 4 rings (SSSR count). The number of nitrogens with zero attached hydrogens (tertiary/aromatic N) is 5. The van der Waals surface area contributed by atoms with E-state index >= 15 is 0 Å². The lowest BCUT2D eigenvalue weighted by Crippen LogP contribution is -3.06. The molecule has 0 aliphatic rings. The van der Waals surface area contributed by atoms with Gasteiger partial charge in [-0.2, -0.15) is 10.2 Å². The summed E-state index contributed by atoms with van der Waals surface area (Å²) in [7, 11) is 9.55. The zero-order valence-electron chi connectivity index (χ0n) is 43.6. The molecule has 0 amide bonds. The van der Waals surface area contributed by atoms with Crippen molar-refractivity contribution in [2.45, 2.75) is 49.1 Å². The standard InChI is InChI=1S/2C15H21N3O.2C6H8O7/c2*1-17(2)11-12-19-15(13-7-5-4-6-8-13)14-9-10-16-18(14)3;2*7-3(8)1-6(13,5(11)12)2-4(9)10/h2*4-10,15H,11-12H2,1-3H3;2*13H,1-2H2,(H,7,8)(H,9,10)(H,11,12)/i2*11D2,12D2;;. The first-order valence-electron chi connectivity index (χ1n) is 22.5. The predicted molar refractivity (Wildman–Crippen MR) is 223 cm³/mol. The fraction of sp³-hybridized carbons (Fsp3) is 0.429. The number of carboxylic acid groups (broad SMARTS) is 6. The molecule has 0 aliphatic carbocycles. The van der Waals surface area contributed by atoms with Crippen molar-refractivity contribution in [2.75, 3.05) is 54.3 Å². The van der Waals surface area contributed by atoms with Crippen molar-refractivity contribution in [1.29, 1.82) is 0 Å². The van der Waals surface area contributed by atoms with E-state index in [0.717, 1.165) is 16.0 Å². The number of carbonyl (C=O) groups excluding carboxylic acids is 1. The highest BCUT2D eigenvalue weighted by Crippen LogP contribution is 2.26. The molecule has 0 bridgehead atoms. The fourth-order valence-electron chi connectivity index (χ4n) is 4.92. The average Bonchev–Trinajstić information content (AvgIpc) is 3.88. The van der Waals surface area contributed by atoms with Crippen molar-refractivity contribution in [1.82, 2.24) is 24.5 Å². The van der Waals surface area contributed by atoms with Crippen LogP contribution in [-0.2, 0) is 52.3 Å². The van der Waals surface area contributed by atoms with Gasteiger partial charge in [-0.1, -0.05) is 60.7 Å². The number of carbonyl (C=O) groups is 6. The molecule has 22 nitrogen and oxygen atoms in total. The van der Waals surface area contributed by atoms with Gasteiger partial charge in [0.25, 0.3) is 0 Å². The maximum absolute atomic E-state index is 10.3. The van der Waals surface area contributed by atoms with E-state index in [2.05, 4.69) is 10.2 Å². The molecule has 2 aromatic carbocycles. The van der Waals surface area contributed by atoms with Crippen LogP contribution in [0.1, 0.15) is 71.4 Å². The molecule has 352 valence electrons. The molecule has 3 atom stereocenters. The Morgan fingerprint density at radius 1 is 0.672 bits per heavy atom. The van der Waals surface area contributed by atoms with Crippen molar-refractivity contribution < 1.29 is 95.0 Å². The monoisotopic (exact) mass is 910 g/mol. The number of hydrogen-bond donors (Lipinski definition) is 8. The highest BCUT2D eigenvalue weighted by Gasteiger charge is 2.41. The molecule has 0 radical (unpaired) electrons. The zero-order valence-corrected chi connectivity index (χ0v) is 35.6. The number of likely N-dealkylation sites (N-methyl/N-ethyl adjacent to an activating group) is 2. The van der Waals surface area contributed by atoms with E-state index in [1.807, 2.05) is 60.7 Å². The van der Waals surface area contributed by atoms with Crippen LogP contribution >= 0.6 is 0 Å². The minimum absolute atomic E-state index is 0.319. The van der Waals surface area contributed by atoms with Gasteiger partial charge in [-0.25, -0.2) is 9.59 Å². The third-order valence-electron chi connectivity index (χ3n) is 7.95. The van der Waals surface area contributed by atoms with Gasteiger partial charge >= 0.3 is 29.8 Å². The van der Waals surface area contributed by atoms with Crippen LogP contribution in [0.4, 0.5) is 0 Å². The van der Waals surface area contributed by atoms with Crippen LogP contribution in [0.5, 0.6) is 0 Å². The number of quaternary nitrogens is 1. The van der Waals surface area contributed by atoms with Gasteiger partial charge in [0.1, 0.15) is 18.7 Å². The van der Waals surface area contributed by atoms with Gasteiger partial charge in [-0.05, 0) is 37.4 Å². The molecule has 8 N–H and O–H groups in total. The number of aliphatic hydroxyl groups is 2. The van der Waals surface area contributed by atoms with Crippen LogP contribution in [0.3, 0.4) is 0 Å². The van der Waals surface area contributed by atoms with Crippen LogP contribution < -0.4 is 10.0 Å². The van der Waals surface area contributed by atoms with Crippen molar-refractivity contribution in [3.63, 3.8) is 0 Å². The first-order chi connectivity index (χ1) is 32.9. The van der Waals surface area contributed by atoms with Crippen molar-refractivity contribution in [3.8, 4) is 0 Å². The maximum Gasteiger partial charge on any atom is 0.336 e. The third-order valence-corrected chi connectivity index (χ3v) is 7.95. The smallest absolute Gasteiger partial charge is 0.336 e.